The quantitative estimate of drug-likeness (QED) is 0.330. The molecule has 1 spiro atoms. The third-order valence-corrected chi connectivity index (χ3v) is 6.24. The van der Waals surface area contributed by atoms with Crippen molar-refractivity contribution in [3.05, 3.63) is 0 Å². The molecular formula is C21H39IN4O3. The molecule has 1 saturated carbocycles. The lowest BCUT2D eigenvalue weighted by molar-refractivity contribution is -0.127. The van der Waals surface area contributed by atoms with Crippen LogP contribution in [0.15, 0.2) is 4.99 Å². The fourth-order valence-corrected chi connectivity index (χ4v) is 4.51. The Morgan fingerprint density at radius 2 is 1.90 bits per heavy atom. The van der Waals surface area contributed by atoms with Gasteiger partial charge < -0.3 is 25.0 Å². The van der Waals surface area contributed by atoms with Crippen molar-refractivity contribution in [2.24, 2.45) is 4.99 Å². The number of likely N-dealkylation sites (N-methyl/N-ethyl adjacent to an activating group) is 1. The Kier molecular flexibility index (Phi) is 10.5. The number of hydrogen-bond donors (Lipinski definition) is 2. The minimum absolute atomic E-state index is 0. The van der Waals surface area contributed by atoms with E-state index in [9.17, 15) is 4.79 Å². The molecule has 0 aromatic rings. The molecule has 3 aliphatic rings. The third-order valence-electron chi connectivity index (χ3n) is 6.24. The van der Waals surface area contributed by atoms with Crippen LogP contribution in [0.1, 0.15) is 64.2 Å². The second-order valence-corrected chi connectivity index (χ2v) is 8.75. The third kappa shape index (κ3) is 7.86. The van der Waals surface area contributed by atoms with Crippen LogP contribution in [0.5, 0.6) is 0 Å². The number of nitrogens with zero attached hydrogens (tertiary/aromatic N) is 2. The molecule has 3 fully saturated rings. The first-order chi connectivity index (χ1) is 13.6. The number of rotatable bonds is 5. The molecule has 2 saturated heterocycles. The molecule has 2 N–H and O–H groups in total. The molecule has 3 rings (SSSR count). The number of nitrogens with one attached hydrogen (secondary N) is 2. The highest BCUT2D eigenvalue weighted by atomic mass is 127. The Labute approximate surface area is 192 Å². The SMILES string of the molecule is CN(C)C(=O)CN=C(NCC1CCCCO1)NC1CCOC2(CCCCC2)C1.I. The maximum absolute atomic E-state index is 12.0. The smallest absolute Gasteiger partial charge is 0.243 e. The summed E-state index contributed by atoms with van der Waals surface area (Å²) in [5.74, 6) is 0.730. The van der Waals surface area contributed by atoms with Crippen molar-refractivity contribution >= 4 is 35.8 Å². The van der Waals surface area contributed by atoms with E-state index < -0.39 is 0 Å². The number of ether oxygens (including phenoxy) is 2. The molecule has 1 aliphatic carbocycles. The average Bonchev–Trinajstić information content (AvgIpc) is 2.71. The molecule has 7 nitrogen and oxygen atoms in total. The van der Waals surface area contributed by atoms with Crippen LogP contribution in [0.4, 0.5) is 0 Å². The molecule has 2 aliphatic heterocycles. The lowest BCUT2D eigenvalue weighted by Gasteiger charge is -2.44. The summed E-state index contributed by atoms with van der Waals surface area (Å²) in [5.41, 5.74) is 0.0468. The molecule has 2 unspecified atom stereocenters. The molecule has 0 aromatic carbocycles. The number of hydrogen-bond acceptors (Lipinski definition) is 4. The van der Waals surface area contributed by atoms with Crippen molar-refractivity contribution in [1.82, 2.24) is 15.5 Å². The first-order valence-corrected chi connectivity index (χ1v) is 11.1. The lowest BCUT2D eigenvalue weighted by atomic mass is 9.78. The molecule has 8 heteroatoms. The predicted molar refractivity (Wildman–Crippen MR) is 126 cm³/mol. The van der Waals surface area contributed by atoms with Crippen LogP contribution in [0.25, 0.3) is 0 Å². The Hall–Kier alpha value is -0.610. The summed E-state index contributed by atoms with van der Waals surface area (Å²) in [6, 6.07) is 0.333. The van der Waals surface area contributed by atoms with Crippen LogP contribution in [-0.4, -0.2) is 74.9 Å². The summed E-state index contributed by atoms with van der Waals surface area (Å²) in [6.45, 7) is 2.53. The molecule has 2 atom stereocenters. The monoisotopic (exact) mass is 522 g/mol. The Morgan fingerprint density at radius 3 is 2.59 bits per heavy atom. The molecule has 1 amide bonds. The molecule has 0 aromatic heterocycles. The van der Waals surface area contributed by atoms with E-state index in [0.717, 1.165) is 51.4 Å². The lowest BCUT2D eigenvalue weighted by Crippen LogP contribution is -2.53. The van der Waals surface area contributed by atoms with Crippen LogP contribution in [0.3, 0.4) is 0 Å². The fraction of sp³-hybridized carbons (Fsp3) is 0.905. The number of amides is 1. The molecule has 2 heterocycles. The second-order valence-electron chi connectivity index (χ2n) is 8.75. The van der Waals surface area contributed by atoms with Gasteiger partial charge in [0.1, 0.15) is 6.54 Å². The summed E-state index contributed by atoms with van der Waals surface area (Å²) < 4.78 is 12.1. The molecule has 0 bridgehead atoms. The van der Waals surface area contributed by atoms with E-state index in [4.69, 9.17) is 9.47 Å². The van der Waals surface area contributed by atoms with Crippen LogP contribution >= 0.6 is 24.0 Å². The van der Waals surface area contributed by atoms with E-state index in [1.807, 2.05) is 0 Å². The average molecular weight is 522 g/mol. The fourth-order valence-electron chi connectivity index (χ4n) is 4.51. The van der Waals surface area contributed by atoms with E-state index in [1.54, 1.807) is 19.0 Å². The number of carbonyl (C=O) groups is 1. The standard InChI is InChI=1S/C21H38N4O3.HI/c1-25(2)19(26)16-23-20(22-15-18-8-4-7-12-27-18)24-17-9-13-28-21(14-17)10-5-3-6-11-21;/h17-18H,3-16H2,1-2H3,(H2,22,23,24);1H. The highest BCUT2D eigenvalue weighted by molar-refractivity contribution is 14.0. The molecule has 0 radical (unpaired) electrons. The van der Waals surface area contributed by atoms with E-state index in [0.29, 0.717) is 6.04 Å². The topological polar surface area (TPSA) is 75.2 Å². The van der Waals surface area contributed by atoms with Crippen LogP contribution in [0.2, 0.25) is 0 Å². The van der Waals surface area contributed by atoms with Gasteiger partial charge in [0, 0.05) is 39.9 Å². The molecule has 29 heavy (non-hydrogen) atoms. The maximum atomic E-state index is 12.0. The van der Waals surface area contributed by atoms with Gasteiger partial charge >= 0.3 is 0 Å². The molecular weight excluding hydrogens is 483 g/mol. The summed E-state index contributed by atoms with van der Waals surface area (Å²) >= 11 is 0. The van der Waals surface area contributed by atoms with Crippen molar-refractivity contribution in [3.63, 3.8) is 0 Å². The largest absolute Gasteiger partial charge is 0.376 e. The minimum Gasteiger partial charge on any atom is -0.376 e. The van der Waals surface area contributed by atoms with E-state index in [1.165, 1.54) is 38.5 Å². The van der Waals surface area contributed by atoms with Gasteiger partial charge in [-0.1, -0.05) is 19.3 Å². The highest BCUT2D eigenvalue weighted by Gasteiger charge is 2.38. The van der Waals surface area contributed by atoms with Gasteiger partial charge in [-0.05, 0) is 44.9 Å². The van der Waals surface area contributed by atoms with Crippen LogP contribution in [-0.2, 0) is 14.3 Å². The zero-order valence-corrected chi connectivity index (χ0v) is 20.4. The van der Waals surface area contributed by atoms with Gasteiger partial charge in [-0.2, -0.15) is 0 Å². The van der Waals surface area contributed by atoms with E-state index in [2.05, 4.69) is 15.6 Å². The Morgan fingerprint density at radius 1 is 1.10 bits per heavy atom. The van der Waals surface area contributed by atoms with Gasteiger partial charge in [0.05, 0.1) is 11.7 Å². The van der Waals surface area contributed by atoms with E-state index in [-0.39, 0.29) is 48.1 Å². The maximum Gasteiger partial charge on any atom is 0.243 e. The van der Waals surface area contributed by atoms with Gasteiger partial charge in [-0.15, -0.1) is 24.0 Å². The number of aliphatic imine (C=N–C) groups is 1. The molecule has 168 valence electrons. The normalized spacial score (nSPS) is 27.0. The van der Waals surface area contributed by atoms with Crippen LogP contribution in [0, 0.1) is 0 Å². The van der Waals surface area contributed by atoms with Crippen LogP contribution < -0.4 is 10.6 Å². The second kappa shape index (κ2) is 12.3. The number of carbonyl (C=O) groups excluding carboxylic acids is 1. The first kappa shape index (κ1) is 24.7. The highest BCUT2D eigenvalue weighted by Crippen LogP contribution is 2.38. The van der Waals surface area contributed by atoms with Gasteiger partial charge in [-0.25, -0.2) is 4.99 Å². The minimum atomic E-state index is 0. The van der Waals surface area contributed by atoms with Gasteiger partial charge in [0.25, 0.3) is 0 Å². The zero-order chi connectivity index (χ0) is 19.8. The first-order valence-electron chi connectivity index (χ1n) is 11.1. The predicted octanol–water partition coefficient (Wildman–Crippen LogP) is 2.68. The van der Waals surface area contributed by atoms with Crippen molar-refractivity contribution in [2.75, 3.05) is 40.4 Å². The Bertz CT molecular complexity index is 527. The van der Waals surface area contributed by atoms with Crippen molar-refractivity contribution in [3.8, 4) is 0 Å². The van der Waals surface area contributed by atoms with Gasteiger partial charge in [-0.3, -0.25) is 4.79 Å². The van der Waals surface area contributed by atoms with Gasteiger partial charge in [0.15, 0.2) is 5.96 Å². The summed E-state index contributed by atoms with van der Waals surface area (Å²) in [5, 5.41) is 7.02. The van der Waals surface area contributed by atoms with E-state index >= 15 is 0 Å². The summed E-state index contributed by atoms with van der Waals surface area (Å²) in [7, 11) is 3.53. The Balaban J connectivity index is 0.00000300. The van der Waals surface area contributed by atoms with Crippen molar-refractivity contribution in [2.45, 2.75) is 82.0 Å². The van der Waals surface area contributed by atoms with Crippen molar-refractivity contribution < 1.29 is 14.3 Å². The number of guanidine groups is 1. The summed E-state index contributed by atoms with van der Waals surface area (Å²) in [6.07, 6.45) is 11.9. The summed E-state index contributed by atoms with van der Waals surface area (Å²) in [4.78, 5) is 18.2. The number of halogens is 1. The van der Waals surface area contributed by atoms with Gasteiger partial charge in [0.2, 0.25) is 5.91 Å². The zero-order valence-electron chi connectivity index (χ0n) is 18.1. The van der Waals surface area contributed by atoms with Crippen molar-refractivity contribution in [1.29, 1.82) is 0 Å².